The molecule has 1 heterocycles. The molecule has 6 heteroatoms. The van der Waals surface area contributed by atoms with Gasteiger partial charge in [0.1, 0.15) is 6.10 Å². The smallest absolute Gasteiger partial charge is 0.334 e. The minimum atomic E-state index is -1.32. The molecule has 1 fully saturated rings. The Morgan fingerprint density at radius 1 is 1.32 bits per heavy atom. The Balaban J connectivity index is 2.43. The Morgan fingerprint density at radius 3 is 2.64 bits per heavy atom. The van der Waals surface area contributed by atoms with Crippen molar-refractivity contribution in [3.8, 4) is 0 Å². The predicted molar refractivity (Wildman–Crippen MR) is 105 cm³/mol. The van der Waals surface area contributed by atoms with Crippen LogP contribution in [0.5, 0.6) is 0 Å². The maximum Gasteiger partial charge on any atom is 0.334 e. The van der Waals surface area contributed by atoms with Crippen LogP contribution in [0.25, 0.3) is 0 Å². The molecule has 156 valence electrons. The molecule has 0 bridgehead atoms. The van der Waals surface area contributed by atoms with Crippen molar-refractivity contribution < 1.29 is 29.3 Å². The van der Waals surface area contributed by atoms with Gasteiger partial charge in [0.15, 0.2) is 6.10 Å². The molecule has 1 saturated heterocycles. The molecule has 0 aromatic heterocycles. The van der Waals surface area contributed by atoms with Gasteiger partial charge in [-0.3, -0.25) is 4.79 Å². The maximum atomic E-state index is 12.2. The third-order valence-corrected chi connectivity index (χ3v) is 5.73. The lowest BCUT2D eigenvalue weighted by molar-refractivity contribution is -0.158. The minimum absolute atomic E-state index is 0.0932. The average molecular weight is 392 g/mol. The van der Waals surface area contributed by atoms with Gasteiger partial charge in [-0.15, -0.1) is 0 Å². The number of carbonyl (C=O) groups is 2. The summed E-state index contributed by atoms with van der Waals surface area (Å²) in [6.07, 6.45) is 4.19. The molecule has 0 saturated carbocycles. The number of aliphatic hydroxyl groups is 2. The van der Waals surface area contributed by atoms with E-state index in [0.717, 1.165) is 18.4 Å². The molecule has 5 atom stereocenters. The van der Waals surface area contributed by atoms with Crippen molar-refractivity contribution in [2.24, 2.45) is 5.92 Å². The molecule has 28 heavy (non-hydrogen) atoms. The Morgan fingerprint density at radius 2 is 2.00 bits per heavy atom. The van der Waals surface area contributed by atoms with E-state index in [2.05, 4.69) is 12.7 Å². The molecule has 0 radical (unpaired) electrons. The van der Waals surface area contributed by atoms with E-state index in [-0.39, 0.29) is 12.0 Å². The number of aliphatic hydroxyl groups excluding tert-OH is 1. The highest BCUT2D eigenvalue weighted by atomic mass is 16.6. The lowest BCUT2D eigenvalue weighted by Crippen LogP contribution is -2.43. The van der Waals surface area contributed by atoms with Crippen LogP contribution >= 0.6 is 0 Å². The third-order valence-electron chi connectivity index (χ3n) is 5.73. The summed E-state index contributed by atoms with van der Waals surface area (Å²) in [5, 5.41) is 21.4. The van der Waals surface area contributed by atoms with Crippen molar-refractivity contribution in [2.75, 3.05) is 0 Å². The predicted octanol–water partition coefficient (Wildman–Crippen LogP) is 2.98. The second kappa shape index (κ2) is 9.05. The van der Waals surface area contributed by atoms with Gasteiger partial charge in [-0.05, 0) is 58.4 Å². The van der Waals surface area contributed by atoms with Crippen molar-refractivity contribution in [1.82, 2.24) is 0 Å². The van der Waals surface area contributed by atoms with Crippen molar-refractivity contribution in [3.63, 3.8) is 0 Å². The highest BCUT2D eigenvalue weighted by molar-refractivity contribution is 5.91. The van der Waals surface area contributed by atoms with Crippen LogP contribution in [0.4, 0.5) is 0 Å². The molecule has 2 N–H and O–H groups in total. The lowest BCUT2D eigenvalue weighted by atomic mass is 9.80. The number of fused-ring (bicyclic) bond motifs is 1. The summed E-state index contributed by atoms with van der Waals surface area (Å²) in [5.74, 6) is -1.59. The molecule has 6 nitrogen and oxygen atoms in total. The van der Waals surface area contributed by atoms with Gasteiger partial charge in [0.05, 0.1) is 11.7 Å². The van der Waals surface area contributed by atoms with E-state index in [9.17, 15) is 19.8 Å². The number of esters is 2. The van der Waals surface area contributed by atoms with Crippen LogP contribution in [0.15, 0.2) is 35.5 Å². The fourth-order valence-electron chi connectivity index (χ4n) is 3.80. The lowest BCUT2D eigenvalue weighted by Gasteiger charge is -2.33. The monoisotopic (exact) mass is 392 g/mol. The molecule has 1 aliphatic carbocycles. The zero-order valence-electron chi connectivity index (χ0n) is 17.2. The topological polar surface area (TPSA) is 93.1 Å². The van der Waals surface area contributed by atoms with E-state index in [1.165, 1.54) is 12.5 Å². The van der Waals surface area contributed by atoms with Crippen molar-refractivity contribution >= 4 is 11.9 Å². The van der Waals surface area contributed by atoms with Crippen molar-refractivity contribution in [3.05, 3.63) is 35.5 Å². The van der Waals surface area contributed by atoms with Crippen molar-refractivity contribution in [2.45, 2.75) is 83.7 Å². The first-order chi connectivity index (χ1) is 13.0. The highest BCUT2D eigenvalue weighted by Crippen LogP contribution is 2.38. The average Bonchev–Trinajstić information content (AvgIpc) is 2.86. The highest BCUT2D eigenvalue weighted by Gasteiger charge is 2.47. The van der Waals surface area contributed by atoms with Gasteiger partial charge in [-0.25, -0.2) is 4.79 Å². The normalized spacial score (nSPS) is 38.9. The first-order valence-electron chi connectivity index (χ1n) is 9.82. The summed E-state index contributed by atoms with van der Waals surface area (Å²) in [6.45, 7) is 10.6. The van der Waals surface area contributed by atoms with Crippen LogP contribution in [-0.2, 0) is 19.1 Å². The first kappa shape index (κ1) is 22.4. The van der Waals surface area contributed by atoms with Crippen LogP contribution < -0.4 is 0 Å². The largest absolute Gasteiger partial charge is 0.454 e. The Kier molecular flexibility index (Phi) is 7.23. The maximum absolute atomic E-state index is 12.2. The summed E-state index contributed by atoms with van der Waals surface area (Å²) in [4.78, 5) is 23.9. The van der Waals surface area contributed by atoms with Gasteiger partial charge in [0.25, 0.3) is 0 Å². The third kappa shape index (κ3) is 5.32. The first-order valence-corrected chi connectivity index (χ1v) is 9.82. The van der Waals surface area contributed by atoms with E-state index in [1.807, 2.05) is 19.9 Å². The van der Waals surface area contributed by atoms with Crippen LogP contribution in [-0.4, -0.2) is 46.1 Å². The van der Waals surface area contributed by atoms with Gasteiger partial charge >= 0.3 is 11.9 Å². The van der Waals surface area contributed by atoms with Crippen LogP contribution in [0.1, 0.15) is 59.8 Å². The van der Waals surface area contributed by atoms with E-state index in [0.29, 0.717) is 12.8 Å². The number of hydrogen-bond acceptors (Lipinski definition) is 6. The van der Waals surface area contributed by atoms with E-state index in [1.54, 1.807) is 6.92 Å². The number of ether oxygens (including phenoxy) is 2. The second-order valence-electron chi connectivity index (χ2n) is 8.22. The molecular weight excluding hydrogens is 360 g/mol. The van der Waals surface area contributed by atoms with Crippen LogP contribution in [0.2, 0.25) is 0 Å². The molecule has 0 unspecified atom stereocenters. The Bertz CT molecular complexity index is 687. The number of hydrogen-bond donors (Lipinski definition) is 2. The molecule has 0 spiro atoms. The van der Waals surface area contributed by atoms with Crippen molar-refractivity contribution in [1.29, 1.82) is 0 Å². The molecule has 2 rings (SSSR count). The number of rotatable bonds is 1. The quantitative estimate of drug-likeness (QED) is 0.405. The molecule has 1 aliphatic heterocycles. The minimum Gasteiger partial charge on any atom is -0.454 e. The van der Waals surface area contributed by atoms with E-state index in [4.69, 9.17) is 9.47 Å². The number of allylic oxidation sites excluding steroid dienone is 3. The zero-order valence-corrected chi connectivity index (χ0v) is 17.2. The second-order valence-corrected chi connectivity index (χ2v) is 8.22. The Hall–Kier alpha value is -1.92. The summed E-state index contributed by atoms with van der Waals surface area (Å²) < 4.78 is 11.0. The molecular formula is C22H32O6. The molecule has 0 aromatic carbocycles. The summed E-state index contributed by atoms with van der Waals surface area (Å²) in [6, 6.07) is 0. The van der Waals surface area contributed by atoms with Crippen LogP contribution in [0, 0.1) is 5.92 Å². The van der Waals surface area contributed by atoms with Gasteiger partial charge in [0, 0.05) is 18.4 Å². The zero-order chi connectivity index (χ0) is 21.1. The van der Waals surface area contributed by atoms with Gasteiger partial charge in [-0.2, -0.15) is 0 Å². The summed E-state index contributed by atoms with van der Waals surface area (Å²) in [7, 11) is 0. The van der Waals surface area contributed by atoms with E-state index >= 15 is 0 Å². The molecule has 0 amide bonds. The molecule has 0 aromatic rings. The van der Waals surface area contributed by atoms with Gasteiger partial charge in [-0.1, -0.05) is 24.3 Å². The van der Waals surface area contributed by atoms with Crippen LogP contribution in [0.3, 0.4) is 0 Å². The summed E-state index contributed by atoms with van der Waals surface area (Å²) >= 11 is 0. The number of carbonyl (C=O) groups excluding carboxylic acids is 2. The fourth-order valence-corrected chi connectivity index (χ4v) is 3.80. The molecule has 2 aliphatic rings. The fraction of sp³-hybridized carbons (Fsp3) is 0.636. The SMILES string of the molecule is C=C1C(=O)O[C@@H]2[C@@H]1C[C@H](O)[C@](C)(O)CC/C=C(/C)CC/C=C(\C)[C@@H]2OC(C)=O. The summed E-state index contributed by atoms with van der Waals surface area (Å²) in [5.41, 5.74) is 0.888. The van der Waals surface area contributed by atoms with Gasteiger partial charge < -0.3 is 19.7 Å². The standard InChI is InChI=1S/C22H32O6/c1-13-8-6-10-14(2)19(27-16(4)23)20-17(15(3)21(25)28-20)12-18(24)22(5,26)11-7-9-13/h9-10,17-20,24,26H,3,6-8,11-12H2,1-2,4-5H3/b13-9-,14-10+/t17-,18+,19+,20-,22-/m1/s1. The van der Waals surface area contributed by atoms with E-state index < -0.39 is 41.8 Å². The Labute approximate surface area is 166 Å². The van der Waals surface area contributed by atoms with Gasteiger partial charge in [0.2, 0.25) is 0 Å².